The fourth-order valence-electron chi connectivity index (χ4n) is 3.67. The smallest absolute Gasteiger partial charge is 0.338 e. The Hall–Kier alpha value is -3.32. The normalized spacial score (nSPS) is 16.3. The van der Waals surface area contributed by atoms with Crippen LogP contribution in [0.25, 0.3) is 6.08 Å². The molecule has 4 rings (SSSR count). The quantitative estimate of drug-likeness (QED) is 0.593. The summed E-state index contributed by atoms with van der Waals surface area (Å²) in [5.74, 6) is -0.107. The van der Waals surface area contributed by atoms with Gasteiger partial charge in [-0.25, -0.2) is 9.79 Å². The molecule has 3 heterocycles. The average Bonchev–Trinajstić information content (AvgIpc) is 3.07. The van der Waals surface area contributed by atoms with E-state index in [2.05, 4.69) is 23.8 Å². The molecule has 1 aliphatic heterocycles. The van der Waals surface area contributed by atoms with Crippen molar-refractivity contribution < 1.29 is 9.53 Å². The van der Waals surface area contributed by atoms with Crippen molar-refractivity contribution in [1.29, 1.82) is 0 Å². The first-order valence-electron chi connectivity index (χ1n) is 10.0. The number of rotatable bonds is 4. The van der Waals surface area contributed by atoms with E-state index in [9.17, 15) is 9.59 Å². The number of fused-ring (bicyclic) bond motifs is 1. The maximum absolute atomic E-state index is 13.4. The lowest BCUT2D eigenvalue weighted by molar-refractivity contribution is -0.136. The van der Waals surface area contributed by atoms with Crippen molar-refractivity contribution >= 4 is 23.4 Å². The van der Waals surface area contributed by atoms with Gasteiger partial charge in [-0.05, 0) is 42.2 Å². The molecule has 1 aliphatic rings. The molecule has 0 bridgehead atoms. The van der Waals surface area contributed by atoms with Crippen molar-refractivity contribution in [3.63, 3.8) is 0 Å². The van der Waals surface area contributed by atoms with Gasteiger partial charge in [-0.1, -0.05) is 55.5 Å². The molecule has 0 amide bonds. The number of hydrogen-bond acceptors (Lipinski definition) is 6. The molecule has 6 nitrogen and oxygen atoms in total. The Morgan fingerprint density at radius 3 is 2.55 bits per heavy atom. The van der Waals surface area contributed by atoms with Gasteiger partial charge in [0.15, 0.2) is 4.80 Å². The first-order chi connectivity index (χ1) is 14.9. The minimum absolute atomic E-state index is 0.207. The molecule has 0 spiro atoms. The number of hydrogen-bond donors (Lipinski definition) is 0. The molecular weight excluding hydrogens is 410 g/mol. The maximum Gasteiger partial charge on any atom is 0.338 e. The predicted octanol–water partition coefficient (Wildman–Crippen LogP) is 2.93. The van der Waals surface area contributed by atoms with Crippen molar-refractivity contribution in [2.45, 2.75) is 32.7 Å². The topological polar surface area (TPSA) is 73.6 Å². The Morgan fingerprint density at radius 2 is 1.94 bits per heavy atom. The van der Waals surface area contributed by atoms with Gasteiger partial charge in [0.1, 0.15) is 0 Å². The van der Waals surface area contributed by atoms with Crippen molar-refractivity contribution in [2.75, 3.05) is 7.11 Å². The number of esters is 1. The first kappa shape index (κ1) is 20.9. The Kier molecular flexibility index (Phi) is 5.69. The Bertz CT molecular complexity index is 1330. The molecule has 3 aromatic rings. The van der Waals surface area contributed by atoms with Crippen molar-refractivity contribution in [3.8, 4) is 0 Å². The summed E-state index contributed by atoms with van der Waals surface area (Å²) < 4.78 is 7.14. The standard InChI is InChI=1S/C24H23N3O3S/c1-14(2)16-8-10-17(11-9-16)21-20(23(29)30-4)15(3)26-24-27(21)22(28)19(31-24)13-18-7-5-6-12-25-18/h5-14,21H,1-4H3/t21-/m1/s1. The number of benzene rings is 1. The van der Waals surface area contributed by atoms with Gasteiger partial charge >= 0.3 is 5.97 Å². The molecule has 31 heavy (non-hydrogen) atoms. The summed E-state index contributed by atoms with van der Waals surface area (Å²) in [6.45, 7) is 6.02. The highest BCUT2D eigenvalue weighted by Gasteiger charge is 2.33. The summed E-state index contributed by atoms with van der Waals surface area (Å²) in [6.07, 6.45) is 3.43. The average molecular weight is 434 g/mol. The van der Waals surface area contributed by atoms with Crippen LogP contribution >= 0.6 is 11.3 Å². The minimum Gasteiger partial charge on any atom is -0.466 e. The van der Waals surface area contributed by atoms with E-state index in [1.54, 1.807) is 23.8 Å². The zero-order valence-corrected chi connectivity index (χ0v) is 18.6. The number of carbonyl (C=O) groups excluding carboxylic acids is 1. The van der Waals surface area contributed by atoms with Crippen LogP contribution in [-0.2, 0) is 9.53 Å². The number of methoxy groups -OCH3 is 1. The molecule has 0 saturated heterocycles. The summed E-state index contributed by atoms with van der Waals surface area (Å²) >= 11 is 1.29. The van der Waals surface area contributed by atoms with Crippen LogP contribution in [0.4, 0.5) is 0 Å². The van der Waals surface area contributed by atoms with Gasteiger partial charge in [-0.3, -0.25) is 14.3 Å². The third-order valence-corrected chi connectivity index (χ3v) is 6.30. The van der Waals surface area contributed by atoms with E-state index in [0.717, 1.165) is 5.56 Å². The molecule has 0 fully saturated rings. The third-order valence-electron chi connectivity index (χ3n) is 5.31. The van der Waals surface area contributed by atoms with Crippen LogP contribution in [0, 0.1) is 0 Å². The summed E-state index contributed by atoms with van der Waals surface area (Å²) in [7, 11) is 1.34. The maximum atomic E-state index is 13.4. The van der Waals surface area contributed by atoms with Crippen LogP contribution < -0.4 is 14.9 Å². The fraction of sp³-hybridized carbons (Fsp3) is 0.250. The Labute approximate surface area is 183 Å². The van der Waals surface area contributed by atoms with E-state index in [4.69, 9.17) is 4.74 Å². The number of pyridine rings is 1. The Balaban J connectivity index is 1.95. The molecule has 158 valence electrons. The lowest BCUT2D eigenvalue weighted by Crippen LogP contribution is -2.39. The van der Waals surface area contributed by atoms with Crippen molar-refractivity contribution in [1.82, 2.24) is 9.55 Å². The monoisotopic (exact) mass is 433 g/mol. The molecule has 1 aromatic carbocycles. The number of aromatic nitrogens is 2. The fourth-order valence-corrected chi connectivity index (χ4v) is 4.70. The second kappa shape index (κ2) is 8.43. The molecule has 0 saturated carbocycles. The van der Waals surface area contributed by atoms with Crippen molar-refractivity contribution in [2.24, 2.45) is 4.99 Å². The van der Waals surface area contributed by atoms with Gasteiger partial charge in [0.25, 0.3) is 5.56 Å². The molecule has 0 radical (unpaired) electrons. The van der Waals surface area contributed by atoms with Crippen LogP contribution in [-0.4, -0.2) is 22.6 Å². The third kappa shape index (κ3) is 3.88. The van der Waals surface area contributed by atoms with E-state index >= 15 is 0 Å². The zero-order chi connectivity index (χ0) is 22.1. The van der Waals surface area contributed by atoms with Crippen molar-refractivity contribution in [3.05, 3.63) is 96.4 Å². The summed E-state index contributed by atoms with van der Waals surface area (Å²) in [6, 6.07) is 12.9. The molecule has 0 aliphatic carbocycles. The second-order valence-corrected chi connectivity index (χ2v) is 8.66. The number of carbonyl (C=O) groups is 1. The highest BCUT2D eigenvalue weighted by molar-refractivity contribution is 7.07. The lowest BCUT2D eigenvalue weighted by Gasteiger charge is -2.24. The molecule has 1 atom stereocenters. The van der Waals surface area contributed by atoms with Crippen LogP contribution in [0.1, 0.15) is 49.6 Å². The number of ether oxygens (including phenoxy) is 1. The highest BCUT2D eigenvalue weighted by atomic mass is 32.1. The number of nitrogens with zero attached hydrogens (tertiary/aromatic N) is 3. The summed E-state index contributed by atoms with van der Waals surface area (Å²) in [5, 5.41) is 0. The summed E-state index contributed by atoms with van der Waals surface area (Å²) in [4.78, 5) is 35.5. The zero-order valence-electron chi connectivity index (χ0n) is 17.8. The van der Waals surface area contributed by atoms with Gasteiger partial charge in [0.05, 0.1) is 34.6 Å². The molecular formula is C24H23N3O3S. The van der Waals surface area contributed by atoms with Crippen LogP contribution in [0.2, 0.25) is 0 Å². The van der Waals surface area contributed by atoms with Crippen LogP contribution in [0.3, 0.4) is 0 Å². The van der Waals surface area contributed by atoms with Crippen LogP contribution in [0.15, 0.2) is 69.7 Å². The lowest BCUT2D eigenvalue weighted by atomic mass is 9.93. The summed E-state index contributed by atoms with van der Waals surface area (Å²) in [5.41, 5.74) is 3.43. The van der Waals surface area contributed by atoms with Gasteiger partial charge in [-0.15, -0.1) is 0 Å². The van der Waals surface area contributed by atoms with Gasteiger partial charge in [-0.2, -0.15) is 0 Å². The van der Waals surface area contributed by atoms with E-state index in [0.29, 0.717) is 32.2 Å². The van der Waals surface area contributed by atoms with Crippen LogP contribution in [0.5, 0.6) is 0 Å². The van der Waals surface area contributed by atoms with Gasteiger partial charge in [0, 0.05) is 6.20 Å². The second-order valence-electron chi connectivity index (χ2n) is 7.65. The first-order valence-corrected chi connectivity index (χ1v) is 10.8. The van der Waals surface area contributed by atoms with Gasteiger partial charge in [0.2, 0.25) is 0 Å². The number of thiazole rings is 1. The SMILES string of the molecule is COC(=O)C1=C(C)N=c2sc(=Cc3ccccn3)c(=O)n2[C@@H]1c1ccc(C(C)C)cc1. The van der Waals surface area contributed by atoms with Gasteiger partial charge < -0.3 is 4.74 Å². The molecule has 0 unspecified atom stereocenters. The van der Waals surface area contributed by atoms with E-state index in [1.165, 1.54) is 24.0 Å². The largest absolute Gasteiger partial charge is 0.466 e. The van der Waals surface area contributed by atoms with E-state index in [1.807, 2.05) is 42.5 Å². The molecule has 0 N–H and O–H groups in total. The highest BCUT2D eigenvalue weighted by Crippen LogP contribution is 2.31. The van der Waals surface area contributed by atoms with E-state index in [-0.39, 0.29) is 5.56 Å². The molecule has 2 aromatic heterocycles. The number of allylic oxidation sites excluding steroid dienone is 1. The Morgan fingerprint density at radius 1 is 1.19 bits per heavy atom. The molecule has 7 heteroatoms. The predicted molar refractivity (Wildman–Crippen MR) is 121 cm³/mol. The van der Waals surface area contributed by atoms with E-state index < -0.39 is 12.0 Å². The minimum atomic E-state index is -0.601.